The summed E-state index contributed by atoms with van der Waals surface area (Å²) in [5, 5.41) is 8.60. The number of nitrogens with zero attached hydrogens (tertiary/aromatic N) is 1. The third-order valence-electron chi connectivity index (χ3n) is 2.23. The molecule has 0 radical (unpaired) electrons. The molecule has 3 N–H and O–H groups in total. The van der Waals surface area contributed by atoms with E-state index in [2.05, 4.69) is 4.90 Å². The van der Waals surface area contributed by atoms with Crippen LogP contribution in [0, 0.1) is 0 Å². The molecule has 0 atom stereocenters. The average molecular weight is 144 g/mol. The SMILES string of the molecule is CN(CCO)C1CC(N)C1. The summed E-state index contributed by atoms with van der Waals surface area (Å²) < 4.78 is 0. The maximum Gasteiger partial charge on any atom is 0.0558 e. The van der Waals surface area contributed by atoms with Crippen molar-refractivity contribution in [2.45, 2.75) is 24.9 Å². The zero-order valence-corrected chi connectivity index (χ0v) is 6.45. The van der Waals surface area contributed by atoms with Gasteiger partial charge < -0.3 is 15.7 Å². The first-order chi connectivity index (χ1) is 4.74. The van der Waals surface area contributed by atoms with Crippen molar-refractivity contribution in [3.05, 3.63) is 0 Å². The van der Waals surface area contributed by atoms with E-state index in [0.29, 0.717) is 12.1 Å². The van der Waals surface area contributed by atoms with E-state index in [4.69, 9.17) is 10.8 Å². The number of aliphatic hydroxyl groups is 1. The number of likely N-dealkylation sites (N-methyl/N-ethyl adjacent to an activating group) is 1. The largest absolute Gasteiger partial charge is 0.395 e. The lowest BCUT2D eigenvalue weighted by Crippen LogP contribution is -2.49. The van der Waals surface area contributed by atoms with E-state index in [1.54, 1.807) is 0 Å². The molecule has 10 heavy (non-hydrogen) atoms. The number of nitrogens with two attached hydrogens (primary N) is 1. The summed E-state index contributed by atoms with van der Waals surface area (Å²) in [6.45, 7) is 1.03. The minimum Gasteiger partial charge on any atom is -0.395 e. The molecule has 0 unspecified atom stereocenters. The first-order valence-electron chi connectivity index (χ1n) is 3.80. The minimum absolute atomic E-state index is 0.252. The van der Waals surface area contributed by atoms with Gasteiger partial charge in [-0.3, -0.25) is 0 Å². The van der Waals surface area contributed by atoms with Crippen molar-refractivity contribution in [1.82, 2.24) is 4.90 Å². The highest BCUT2D eigenvalue weighted by Gasteiger charge is 2.28. The van der Waals surface area contributed by atoms with Gasteiger partial charge in [-0.25, -0.2) is 0 Å². The second-order valence-corrected chi connectivity index (χ2v) is 3.09. The van der Waals surface area contributed by atoms with Gasteiger partial charge in [0.1, 0.15) is 0 Å². The van der Waals surface area contributed by atoms with Crippen LogP contribution in [0.5, 0.6) is 0 Å². The van der Waals surface area contributed by atoms with Gasteiger partial charge in [0, 0.05) is 18.6 Å². The fraction of sp³-hybridized carbons (Fsp3) is 1.00. The lowest BCUT2D eigenvalue weighted by atomic mass is 9.86. The van der Waals surface area contributed by atoms with Gasteiger partial charge in [-0.1, -0.05) is 0 Å². The Morgan fingerprint density at radius 3 is 2.60 bits per heavy atom. The molecule has 0 aromatic heterocycles. The maximum atomic E-state index is 8.60. The Kier molecular flexibility index (Phi) is 2.65. The van der Waals surface area contributed by atoms with Crippen LogP contribution in [0.2, 0.25) is 0 Å². The Morgan fingerprint density at radius 2 is 2.20 bits per heavy atom. The molecule has 1 rings (SSSR count). The van der Waals surface area contributed by atoms with Crippen LogP contribution in [0.15, 0.2) is 0 Å². The molecule has 0 amide bonds. The summed E-state index contributed by atoms with van der Waals surface area (Å²) in [5.41, 5.74) is 5.61. The quantitative estimate of drug-likeness (QED) is 0.556. The lowest BCUT2D eigenvalue weighted by molar-refractivity contribution is 0.114. The fourth-order valence-corrected chi connectivity index (χ4v) is 1.33. The van der Waals surface area contributed by atoms with Crippen molar-refractivity contribution in [3.8, 4) is 0 Å². The van der Waals surface area contributed by atoms with Gasteiger partial charge in [-0.05, 0) is 19.9 Å². The van der Waals surface area contributed by atoms with Crippen LogP contribution in [-0.4, -0.2) is 42.3 Å². The summed E-state index contributed by atoms with van der Waals surface area (Å²) >= 11 is 0. The zero-order chi connectivity index (χ0) is 7.56. The Balaban J connectivity index is 2.11. The molecule has 0 spiro atoms. The van der Waals surface area contributed by atoms with E-state index in [1.807, 2.05) is 7.05 Å². The molecule has 0 aromatic rings. The summed E-state index contributed by atoms with van der Waals surface area (Å²) in [6.07, 6.45) is 2.19. The molecular formula is C7H16N2O. The van der Waals surface area contributed by atoms with Gasteiger partial charge >= 0.3 is 0 Å². The van der Waals surface area contributed by atoms with Gasteiger partial charge in [-0.2, -0.15) is 0 Å². The Morgan fingerprint density at radius 1 is 1.60 bits per heavy atom. The normalized spacial score (nSPS) is 32.4. The molecule has 60 valence electrons. The van der Waals surface area contributed by atoms with E-state index in [9.17, 15) is 0 Å². The second kappa shape index (κ2) is 3.32. The monoisotopic (exact) mass is 144 g/mol. The first kappa shape index (κ1) is 7.98. The highest BCUT2D eigenvalue weighted by molar-refractivity contribution is 4.88. The van der Waals surface area contributed by atoms with Crippen molar-refractivity contribution >= 4 is 0 Å². The molecule has 0 bridgehead atoms. The number of aliphatic hydroxyl groups excluding tert-OH is 1. The van der Waals surface area contributed by atoms with Crippen molar-refractivity contribution in [2.24, 2.45) is 5.73 Å². The van der Waals surface area contributed by atoms with E-state index < -0.39 is 0 Å². The third-order valence-corrected chi connectivity index (χ3v) is 2.23. The molecule has 0 aliphatic heterocycles. The fourth-order valence-electron chi connectivity index (χ4n) is 1.33. The standard InChI is InChI=1S/C7H16N2O/c1-9(2-3-10)7-4-6(8)5-7/h6-7,10H,2-5,8H2,1H3. The van der Waals surface area contributed by atoms with E-state index in [1.165, 1.54) is 0 Å². The predicted molar refractivity (Wildman–Crippen MR) is 40.7 cm³/mol. The lowest BCUT2D eigenvalue weighted by Gasteiger charge is -2.39. The molecule has 3 heteroatoms. The van der Waals surface area contributed by atoms with Crippen molar-refractivity contribution in [2.75, 3.05) is 20.2 Å². The summed E-state index contributed by atoms with van der Waals surface area (Å²) in [4.78, 5) is 2.17. The summed E-state index contributed by atoms with van der Waals surface area (Å²) in [5.74, 6) is 0. The first-order valence-corrected chi connectivity index (χ1v) is 3.80. The summed E-state index contributed by atoms with van der Waals surface area (Å²) in [6, 6.07) is 1.04. The molecule has 1 aliphatic carbocycles. The second-order valence-electron chi connectivity index (χ2n) is 3.09. The molecular weight excluding hydrogens is 128 g/mol. The van der Waals surface area contributed by atoms with Crippen LogP contribution in [0.25, 0.3) is 0 Å². The van der Waals surface area contributed by atoms with Gasteiger partial charge in [0.25, 0.3) is 0 Å². The topological polar surface area (TPSA) is 49.5 Å². The Bertz CT molecular complexity index is 99.0. The van der Waals surface area contributed by atoms with Crippen LogP contribution in [0.4, 0.5) is 0 Å². The Hall–Kier alpha value is -0.120. The highest BCUT2D eigenvalue weighted by Crippen LogP contribution is 2.22. The molecule has 3 nitrogen and oxygen atoms in total. The molecule has 1 fully saturated rings. The van der Waals surface area contributed by atoms with Crippen LogP contribution in [0.3, 0.4) is 0 Å². The van der Waals surface area contributed by atoms with Crippen molar-refractivity contribution < 1.29 is 5.11 Å². The minimum atomic E-state index is 0.252. The van der Waals surface area contributed by atoms with Crippen molar-refractivity contribution in [3.63, 3.8) is 0 Å². The number of rotatable bonds is 3. The van der Waals surface area contributed by atoms with Gasteiger partial charge in [0.05, 0.1) is 6.61 Å². The summed E-state index contributed by atoms with van der Waals surface area (Å²) in [7, 11) is 2.03. The van der Waals surface area contributed by atoms with Crippen LogP contribution < -0.4 is 5.73 Å². The van der Waals surface area contributed by atoms with Gasteiger partial charge in [0.15, 0.2) is 0 Å². The van der Waals surface area contributed by atoms with Gasteiger partial charge in [0.2, 0.25) is 0 Å². The zero-order valence-electron chi connectivity index (χ0n) is 6.45. The number of hydrogen-bond donors (Lipinski definition) is 2. The maximum absolute atomic E-state index is 8.60. The molecule has 1 aliphatic rings. The third kappa shape index (κ3) is 1.68. The highest BCUT2D eigenvalue weighted by atomic mass is 16.3. The molecule has 0 aromatic carbocycles. The Labute approximate surface area is 61.8 Å². The van der Waals surface area contributed by atoms with Gasteiger partial charge in [-0.15, -0.1) is 0 Å². The van der Waals surface area contributed by atoms with Crippen molar-refractivity contribution in [1.29, 1.82) is 0 Å². The van der Waals surface area contributed by atoms with E-state index in [0.717, 1.165) is 19.4 Å². The smallest absolute Gasteiger partial charge is 0.0558 e. The predicted octanol–water partition coefficient (Wildman–Crippen LogP) is -0.600. The van der Waals surface area contributed by atoms with E-state index in [-0.39, 0.29) is 6.61 Å². The van der Waals surface area contributed by atoms with E-state index >= 15 is 0 Å². The molecule has 0 saturated heterocycles. The van der Waals surface area contributed by atoms with Crippen LogP contribution in [-0.2, 0) is 0 Å². The van der Waals surface area contributed by atoms with Crippen LogP contribution >= 0.6 is 0 Å². The average Bonchev–Trinajstić information content (AvgIpc) is 1.82. The van der Waals surface area contributed by atoms with Crippen LogP contribution in [0.1, 0.15) is 12.8 Å². The molecule has 1 saturated carbocycles. The number of hydrogen-bond acceptors (Lipinski definition) is 3. The molecule has 0 heterocycles.